The summed E-state index contributed by atoms with van der Waals surface area (Å²) in [6.07, 6.45) is 0. The van der Waals surface area contributed by atoms with Gasteiger partial charge >= 0.3 is 0 Å². The molecule has 1 aromatic heterocycles. The van der Waals surface area contributed by atoms with E-state index < -0.39 is 15.8 Å². The van der Waals surface area contributed by atoms with Gasteiger partial charge in [0.15, 0.2) is 5.76 Å². The molecule has 4 rings (SSSR count). The molecule has 4 aromatic rings. The van der Waals surface area contributed by atoms with E-state index in [9.17, 15) is 8.42 Å². The van der Waals surface area contributed by atoms with E-state index in [1.807, 2.05) is 60.7 Å². The molecule has 8 nitrogen and oxygen atoms in total. The third-order valence-electron chi connectivity index (χ3n) is 4.37. The van der Waals surface area contributed by atoms with Crippen molar-refractivity contribution in [2.45, 2.75) is 5.75 Å². The molecule has 9 heteroatoms. The molecular weight excluding hydrogens is 414 g/mol. The van der Waals surface area contributed by atoms with E-state index in [-0.39, 0.29) is 5.89 Å². The maximum atomic E-state index is 12.7. The first-order valence-electron chi connectivity index (χ1n) is 9.30. The standard InChI is InChI=1S/C22H17N5O3S/c23-27-25-18-11-13-19(14-12-18)26-31(28,29)15-20-24-21(16-7-3-1-4-8-16)22(30-20)17-9-5-2-6-10-17/h1-14,26H,15H2. The Morgan fingerprint density at radius 3 is 2.13 bits per heavy atom. The molecule has 1 heterocycles. The molecule has 0 amide bonds. The van der Waals surface area contributed by atoms with Gasteiger partial charge in [-0.2, -0.15) is 0 Å². The monoisotopic (exact) mass is 431 g/mol. The number of rotatable bonds is 7. The lowest BCUT2D eigenvalue weighted by Crippen LogP contribution is -2.15. The Bertz CT molecular complexity index is 1270. The van der Waals surface area contributed by atoms with Gasteiger partial charge in [-0.1, -0.05) is 77.9 Å². The molecule has 0 fully saturated rings. The highest BCUT2D eigenvalue weighted by Crippen LogP contribution is 2.33. The van der Waals surface area contributed by atoms with Crippen LogP contribution in [0.3, 0.4) is 0 Å². The topological polar surface area (TPSA) is 121 Å². The summed E-state index contributed by atoms with van der Waals surface area (Å²) >= 11 is 0. The van der Waals surface area contributed by atoms with E-state index in [4.69, 9.17) is 9.95 Å². The van der Waals surface area contributed by atoms with Crippen molar-refractivity contribution in [3.8, 4) is 22.6 Å². The van der Waals surface area contributed by atoms with Crippen molar-refractivity contribution in [3.05, 3.63) is 101 Å². The van der Waals surface area contributed by atoms with Gasteiger partial charge in [-0.3, -0.25) is 4.72 Å². The number of nitrogens with one attached hydrogen (secondary N) is 1. The first-order valence-corrected chi connectivity index (χ1v) is 11.0. The van der Waals surface area contributed by atoms with E-state index in [0.717, 1.165) is 11.1 Å². The highest BCUT2D eigenvalue weighted by Gasteiger charge is 2.21. The molecule has 0 saturated heterocycles. The van der Waals surface area contributed by atoms with Gasteiger partial charge in [0.05, 0.1) is 0 Å². The van der Waals surface area contributed by atoms with Crippen molar-refractivity contribution in [2.75, 3.05) is 4.72 Å². The Balaban J connectivity index is 1.63. The van der Waals surface area contributed by atoms with E-state index in [1.54, 1.807) is 0 Å². The van der Waals surface area contributed by atoms with Gasteiger partial charge < -0.3 is 4.42 Å². The number of anilines is 1. The Morgan fingerprint density at radius 2 is 1.52 bits per heavy atom. The number of oxazole rings is 1. The number of azide groups is 1. The summed E-state index contributed by atoms with van der Waals surface area (Å²) in [5, 5.41) is 3.46. The zero-order valence-corrected chi connectivity index (χ0v) is 17.0. The number of hydrogen-bond donors (Lipinski definition) is 1. The summed E-state index contributed by atoms with van der Waals surface area (Å²) in [4.78, 5) is 7.17. The highest BCUT2D eigenvalue weighted by molar-refractivity contribution is 7.91. The second kappa shape index (κ2) is 8.74. The van der Waals surface area contributed by atoms with Crippen LogP contribution in [0.5, 0.6) is 0 Å². The number of nitrogens with zero attached hydrogens (tertiary/aromatic N) is 4. The van der Waals surface area contributed by atoms with Gasteiger partial charge in [0, 0.05) is 27.4 Å². The second-order valence-corrected chi connectivity index (χ2v) is 8.34. The van der Waals surface area contributed by atoms with Crippen molar-refractivity contribution in [2.24, 2.45) is 5.11 Å². The Labute approximate surface area is 178 Å². The fraction of sp³-hybridized carbons (Fsp3) is 0.0455. The van der Waals surface area contributed by atoms with Crippen LogP contribution in [0.2, 0.25) is 0 Å². The van der Waals surface area contributed by atoms with Crippen molar-refractivity contribution in [1.29, 1.82) is 0 Å². The number of sulfonamides is 1. The average Bonchev–Trinajstić information content (AvgIpc) is 3.19. The maximum Gasteiger partial charge on any atom is 0.241 e. The molecule has 0 aliphatic carbocycles. The Morgan fingerprint density at radius 1 is 0.903 bits per heavy atom. The minimum atomic E-state index is -3.79. The average molecular weight is 431 g/mol. The lowest BCUT2D eigenvalue weighted by Gasteiger charge is -2.06. The summed E-state index contributed by atoms with van der Waals surface area (Å²) in [5.74, 6) is 0.157. The summed E-state index contributed by atoms with van der Waals surface area (Å²) in [7, 11) is -3.79. The van der Waals surface area contributed by atoms with Crippen LogP contribution in [0, 0.1) is 0 Å². The Hall–Kier alpha value is -4.07. The molecule has 0 saturated carbocycles. The predicted molar refractivity (Wildman–Crippen MR) is 119 cm³/mol. The zero-order chi connectivity index (χ0) is 21.7. The third kappa shape index (κ3) is 4.92. The first-order chi connectivity index (χ1) is 15.0. The molecule has 1 N–H and O–H groups in total. The van der Waals surface area contributed by atoms with Crippen LogP contribution in [-0.4, -0.2) is 13.4 Å². The minimum absolute atomic E-state index is 0.0795. The predicted octanol–water partition coefficient (Wildman–Crippen LogP) is 5.89. The van der Waals surface area contributed by atoms with Crippen LogP contribution < -0.4 is 4.72 Å². The molecule has 0 aliphatic heterocycles. The van der Waals surface area contributed by atoms with Gasteiger partial charge in [0.25, 0.3) is 0 Å². The van der Waals surface area contributed by atoms with E-state index in [0.29, 0.717) is 22.8 Å². The molecular formula is C22H17N5O3S. The molecule has 154 valence electrons. The Kier molecular flexibility index (Phi) is 5.70. The lowest BCUT2D eigenvalue weighted by atomic mass is 10.1. The van der Waals surface area contributed by atoms with Crippen LogP contribution in [0.15, 0.2) is 94.5 Å². The quantitative estimate of drug-likeness (QED) is 0.223. The van der Waals surface area contributed by atoms with Crippen LogP contribution in [0.25, 0.3) is 33.0 Å². The van der Waals surface area contributed by atoms with E-state index in [2.05, 4.69) is 19.7 Å². The normalized spacial score (nSPS) is 11.0. The van der Waals surface area contributed by atoms with E-state index >= 15 is 0 Å². The fourth-order valence-electron chi connectivity index (χ4n) is 3.03. The number of hydrogen-bond acceptors (Lipinski definition) is 5. The first kappa shape index (κ1) is 20.2. The number of aromatic nitrogens is 1. The van der Waals surface area contributed by atoms with Crippen LogP contribution in [0.1, 0.15) is 5.89 Å². The largest absolute Gasteiger partial charge is 0.439 e. The fourth-order valence-corrected chi connectivity index (χ4v) is 4.04. The van der Waals surface area contributed by atoms with Crippen molar-refractivity contribution in [3.63, 3.8) is 0 Å². The van der Waals surface area contributed by atoms with Gasteiger partial charge in [0.2, 0.25) is 15.9 Å². The molecule has 0 spiro atoms. The van der Waals surface area contributed by atoms with Crippen molar-refractivity contribution < 1.29 is 12.8 Å². The number of benzene rings is 3. The maximum absolute atomic E-state index is 12.7. The minimum Gasteiger partial charge on any atom is -0.439 e. The summed E-state index contributed by atoms with van der Waals surface area (Å²) in [5.41, 5.74) is 11.4. The molecule has 3 aromatic carbocycles. The molecule has 0 radical (unpaired) electrons. The van der Waals surface area contributed by atoms with Crippen LogP contribution in [0.4, 0.5) is 11.4 Å². The smallest absolute Gasteiger partial charge is 0.241 e. The van der Waals surface area contributed by atoms with Crippen molar-refractivity contribution >= 4 is 21.4 Å². The summed E-state index contributed by atoms with van der Waals surface area (Å²) in [6, 6.07) is 24.9. The second-order valence-electron chi connectivity index (χ2n) is 6.61. The highest BCUT2D eigenvalue weighted by atomic mass is 32.2. The molecule has 0 bridgehead atoms. The summed E-state index contributed by atoms with van der Waals surface area (Å²) < 4.78 is 33.7. The van der Waals surface area contributed by atoms with Gasteiger partial charge in [0.1, 0.15) is 11.4 Å². The molecule has 0 unspecified atom stereocenters. The molecule has 0 aliphatic rings. The third-order valence-corrected chi connectivity index (χ3v) is 5.54. The van der Waals surface area contributed by atoms with Crippen molar-refractivity contribution in [1.82, 2.24) is 4.98 Å². The zero-order valence-electron chi connectivity index (χ0n) is 16.2. The van der Waals surface area contributed by atoms with Gasteiger partial charge in [-0.25, -0.2) is 13.4 Å². The van der Waals surface area contributed by atoms with Gasteiger partial charge in [-0.05, 0) is 17.7 Å². The molecule has 31 heavy (non-hydrogen) atoms. The molecule has 0 atom stereocenters. The van der Waals surface area contributed by atoms with Crippen LogP contribution >= 0.6 is 0 Å². The van der Waals surface area contributed by atoms with E-state index in [1.165, 1.54) is 24.3 Å². The summed E-state index contributed by atoms with van der Waals surface area (Å²) in [6.45, 7) is 0. The van der Waals surface area contributed by atoms with Crippen LogP contribution in [-0.2, 0) is 15.8 Å². The lowest BCUT2D eigenvalue weighted by molar-refractivity contribution is 0.520. The SMILES string of the molecule is [N-]=[N+]=Nc1ccc(NS(=O)(=O)Cc2nc(-c3ccccc3)c(-c3ccccc3)o2)cc1. The van der Waals surface area contributed by atoms with Gasteiger partial charge in [-0.15, -0.1) is 0 Å².